The molecule has 0 aliphatic heterocycles. The molecule has 0 amide bonds. The number of carbonyl (C=O) groups excluding carboxylic acids is 2. The predicted octanol–water partition coefficient (Wildman–Crippen LogP) is -0.509. The topological polar surface area (TPSA) is 169 Å². The summed E-state index contributed by atoms with van der Waals surface area (Å²) < 4.78 is 9.87. The number of rotatable bonds is 7. The average molecular weight is 362 g/mol. The Bertz CT molecular complexity index is 719. The molecule has 0 saturated heterocycles. The minimum absolute atomic E-state index is 0.0114. The van der Waals surface area contributed by atoms with Gasteiger partial charge in [-0.1, -0.05) is 24.3 Å². The van der Waals surface area contributed by atoms with Gasteiger partial charge in [0.05, 0.1) is 11.4 Å². The van der Waals surface area contributed by atoms with Crippen LogP contribution in [0.2, 0.25) is 0 Å². The molecule has 0 heterocycles. The molecule has 2 aromatic carbocycles. The maximum atomic E-state index is 12.0. The number of nitrogen functional groups attached to an aromatic ring is 2. The van der Waals surface area contributed by atoms with Crippen LogP contribution in [0.25, 0.3) is 0 Å². The van der Waals surface area contributed by atoms with Gasteiger partial charge in [0, 0.05) is 0 Å². The number of hydrogen-bond donors (Lipinski definition) is 6. The maximum Gasteiger partial charge on any atom is 0.343 e. The van der Waals surface area contributed by atoms with Crippen LogP contribution in [-0.2, 0) is 9.59 Å². The third-order valence-electron chi connectivity index (χ3n) is 3.29. The van der Waals surface area contributed by atoms with Crippen LogP contribution in [0.15, 0.2) is 48.5 Å². The van der Waals surface area contributed by atoms with Crippen molar-refractivity contribution in [3.63, 3.8) is 0 Å². The fourth-order valence-corrected chi connectivity index (χ4v) is 1.95. The van der Waals surface area contributed by atoms with Crippen LogP contribution >= 0.6 is 0 Å². The number of carbonyl (C=O) groups is 2. The molecule has 10 nitrogen and oxygen atoms in total. The Morgan fingerprint density at radius 1 is 0.769 bits per heavy atom. The molecule has 2 unspecified atom stereocenters. The molecular weight excluding hydrogens is 344 g/mol. The zero-order valence-corrected chi connectivity index (χ0v) is 13.5. The molecule has 2 atom stereocenters. The Morgan fingerprint density at radius 3 is 1.46 bits per heavy atom. The third-order valence-corrected chi connectivity index (χ3v) is 3.29. The van der Waals surface area contributed by atoms with Gasteiger partial charge >= 0.3 is 11.9 Å². The van der Waals surface area contributed by atoms with Gasteiger partial charge in [0.2, 0.25) is 0 Å². The maximum absolute atomic E-state index is 12.0. The van der Waals surface area contributed by atoms with E-state index in [1.165, 1.54) is 24.3 Å². The van der Waals surface area contributed by atoms with Crippen molar-refractivity contribution in [3.8, 4) is 11.5 Å². The SMILES string of the molecule is NNc1ccccc1OC(=O)C(O)C(O)C(=O)Oc1ccccc1NN. The highest BCUT2D eigenvalue weighted by Gasteiger charge is 2.34. The van der Waals surface area contributed by atoms with Crippen LogP contribution < -0.4 is 32.0 Å². The number of nitrogens with one attached hydrogen (secondary N) is 2. The van der Waals surface area contributed by atoms with Crippen molar-refractivity contribution >= 4 is 23.3 Å². The second kappa shape index (κ2) is 8.78. The fourth-order valence-electron chi connectivity index (χ4n) is 1.95. The summed E-state index contributed by atoms with van der Waals surface area (Å²) in [6, 6.07) is 12.3. The Labute approximate surface area is 148 Å². The second-order valence-corrected chi connectivity index (χ2v) is 5.01. The number of anilines is 2. The minimum Gasteiger partial charge on any atom is -0.422 e. The largest absolute Gasteiger partial charge is 0.422 e. The summed E-state index contributed by atoms with van der Waals surface area (Å²) in [6.45, 7) is 0. The van der Waals surface area contributed by atoms with Crippen LogP contribution in [-0.4, -0.2) is 34.4 Å². The number of aliphatic hydroxyl groups excluding tert-OH is 2. The van der Waals surface area contributed by atoms with Crippen molar-refractivity contribution in [3.05, 3.63) is 48.5 Å². The van der Waals surface area contributed by atoms with Gasteiger partial charge in [-0.3, -0.25) is 11.7 Å². The van der Waals surface area contributed by atoms with E-state index in [-0.39, 0.29) is 22.9 Å². The van der Waals surface area contributed by atoms with Crippen molar-refractivity contribution in [1.82, 2.24) is 0 Å². The molecule has 0 aromatic heterocycles. The van der Waals surface area contributed by atoms with Crippen molar-refractivity contribution in [2.75, 3.05) is 10.9 Å². The average Bonchev–Trinajstić information content (AvgIpc) is 2.67. The first-order chi connectivity index (χ1) is 12.5. The molecule has 138 valence electrons. The summed E-state index contributed by atoms with van der Waals surface area (Å²) in [6.07, 6.45) is -4.35. The molecule has 0 radical (unpaired) electrons. The first-order valence-electron chi connectivity index (χ1n) is 7.38. The summed E-state index contributed by atoms with van der Waals surface area (Å²) in [4.78, 5) is 23.9. The van der Waals surface area contributed by atoms with Gasteiger partial charge in [-0.15, -0.1) is 0 Å². The van der Waals surface area contributed by atoms with Crippen LogP contribution in [0.3, 0.4) is 0 Å². The van der Waals surface area contributed by atoms with Gasteiger partial charge in [-0.25, -0.2) is 9.59 Å². The molecule has 26 heavy (non-hydrogen) atoms. The van der Waals surface area contributed by atoms with E-state index >= 15 is 0 Å². The Kier molecular flexibility index (Phi) is 6.47. The van der Waals surface area contributed by atoms with Crippen LogP contribution in [0.1, 0.15) is 0 Å². The van der Waals surface area contributed by atoms with Crippen LogP contribution in [0.4, 0.5) is 11.4 Å². The van der Waals surface area contributed by atoms with E-state index in [9.17, 15) is 19.8 Å². The Morgan fingerprint density at radius 2 is 1.12 bits per heavy atom. The molecule has 0 spiro atoms. The van der Waals surface area contributed by atoms with Crippen molar-refractivity contribution in [1.29, 1.82) is 0 Å². The molecule has 10 heteroatoms. The third kappa shape index (κ3) is 4.46. The normalized spacial score (nSPS) is 12.6. The molecule has 8 N–H and O–H groups in total. The zero-order valence-electron chi connectivity index (χ0n) is 13.5. The molecule has 0 bridgehead atoms. The number of hydrazine groups is 2. The quantitative estimate of drug-likeness (QED) is 0.163. The van der Waals surface area contributed by atoms with Gasteiger partial charge in [0.15, 0.2) is 23.7 Å². The highest BCUT2D eigenvalue weighted by Crippen LogP contribution is 2.24. The molecule has 2 aromatic rings. The number of ether oxygens (including phenoxy) is 2. The van der Waals surface area contributed by atoms with E-state index in [2.05, 4.69) is 10.9 Å². The standard InChI is InChI=1S/C16H18N4O6/c17-19-9-5-1-3-7-11(9)25-15(23)13(21)14(22)16(24)26-12-8-4-2-6-10(12)20-18/h1-8,13-14,19-22H,17-18H2. The van der Waals surface area contributed by atoms with E-state index in [4.69, 9.17) is 21.2 Å². The lowest BCUT2D eigenvalue weighted by Crippen LogP contribution is -2.43. The number of nitrogens with two attached hydrogens (primary N) is 2. The fraction of sp³-hybridized carbons (Fsp3) is 0.125. The first-order valence-corrected chi connectivity index (χ1v) is 7.38. The van der Waals surface area contributed by atoms with Crippen molar-refractivity contribution < 1.29 is 29.3 Å². The van der Waals surface area contributed by atoms with Crippen LogP contribution in [0, 0.1) is 0 Å². The number of benzene rings is 2. The lowest BCUT2D eigenvalue weighted by molar-refractivity contribution is -0.162. The monoisotopic (exact) mass is 362 g/mol. The molecule has 0 aliphatic rings. The van der Waals surface area contributed by atoms with Crippen molar-refractivity contribution in [2.45, 2.75) is 12.2 Å². The number of hydrogen-bond acceptors (Lipinski definition) is 10. The zero-order chi connectivity index (χ0) is 19.1. The number of aliphatic hydroxyl groups is 2. The molecule has 0 saturated carbocycles. The van der Waals surface area contributed by atoms with E-state index in [0.29, 0.717) is 0 Å². The highest BCUT2D eigenvalue weighted by atomic mass is 16.6. The molecule has 2 rings (SSSR count). The summed E-state index contributed by atoms with van der Waals surface area (Å²) in [5, 5.41) is 19.7. The predicted molar refractivity (Wildman–Crippen MR) is 91.8 cm³/mol. The highest BCUT2D eigenvalue weighted by molar-refractivity contribution is 5.88. The van der Waals surface area contributed by atoms with Crippen molar-refractivity contribution in [2.24, 2.45) is 11.7 Å². The molecule has 0 aliphatic carbocycles. The number of esters is 2. The van der Waals surface area contributed by atoms with Gasteiger partial charge in [-0.2, -0.15) is 0 Å². The summed E-state index contributed by atoms with van der Waals surface area (Å²) in [5.41, 5.74) is 5.15. The van der Waals surface area contributed by atoms with Gasteiger partial charge in [0.25, 0.3) is 0 Å². The van der Waals surface area contributed by atoms with E-state index in [1.807, 2.05) is 0 Å². The summed E-state index contributed by atoms with van der Waals surface area (Å²) in [5.74, 6) is 8.06. The Balaban J connectivity index is 2.04. The van der Waals surface area contributed by atoms with E-state index in [0.717, 1.165) is 0 Å². The van der Waals surface area contributed by atoms with E-state index < -0.39 is 24.1 Å². The van der Waals surface area contributed by atoms with E-state index in [1.54, 1.807) is 24.3 Å². The Hall–Kier alpha value is -3.18. The number of para-hydroxylation sites is 4. The lowest BCUT2D eigenvalue weighted by atomic mass is 10.2. The molecule has 0 fully saturated rings. The molecular formula is C16H18N4O6. The second-order valence-electron chi connectivity index (χ2n) is 5.01. The van der Waals surface area contributed by atoms with Gasteiger partial charge < -0.3 is 30.5 Å². The first kappa shape index (κ1) is 19.1. The van der Waals surface area contributed by atoms with Crippen LogP contribution in [0.5, 0.6) is 11.5 Å². The summed E-state index contributed by atoms with van der Waals surface area (Å²) >= 11 is 0. The lowest BCUT2D eigenvalue weighted by Gasteiger charge is -2.17. The minimum atomic E-state index is -2.17. The van der Waals surface area contributed by atoms with Gasteiger partial charge in [0.1, 0.15) is 0 Å². The smallest absolute Gasteiger partial charge is 0.343 e. The summed E-state index contributed by atoms with van der Waals surface area (Å²) in [7, 11) is 0. The van der Waals surface area contributed by atoms with Gasteiger partial charge in [-0.05, 0) is 24.3 Å².